The van der Waals surface area contributed by atoms with Crippen LogP contribution in [0.5, 0.6) is 0 Å². The van der Waals surface area contributed by atoms with Crippen molar-refractivity contribution in [2.45, 2.75) is 248 Å². The van der Waals surface area contributed by atoms with Gasteiger partial charge in [-0.2, -0.15) is 0 Å². The van der Waals surface area contributed by atoms with Crippen molar-refractivity contribution >= 4 is 76.9 Å². The van der Waals surface area contributed by atoms with Gasteiger partial charge in [0.2, 0.25) is 65.0 Å². The molecule has 0 spiro atoms. The Hall–Kier alpha value is -7.71. The zero-order valence-corrected chi connectivity index (χ0v) is 64.2. The Bertz CT molecular complexity index is 2940. The van der Waals surface area contributed by atoms with Crippen LogP contribution < -0.4 is 26.6 Å². The summed E-state index contributed by atoms with van der Waals surface area (Å²) in [6.45, 7) is 27.8. The zero-order chi connectivity index (χ0) is 76.7. The van der Waals surface area contributed by atoms with E-state index in [4.69, 9.17) is 0 Å². The van der Waals surface area contributed by atoms with Crippen molar-refractivity contribution in [2.24, 2.45) is 41.4 Å². The number of aromatic carboxylic acids is 1. The van der Waals surface area contributed by atoms with Crippen LogP contribution in [0.3, 0.4) is 0 Å². The maximum Gasteiger partial charge on any atom is 0.335 e. The van der Waals surface area contributed by atoms with Crippen LogP contribution in [0.15, 0.2) is 24.3 Å². The summed E-state index contributed by atoms with van der Waals surface area (Å²) in [6, 6.07) is -7.06. The van der Waals surface area contributed by atoms with E-state index in [0.29, 0.717) is 37.8 Å². The highest BCUT2D eigenvalue weighted by atomic mass is 16.4. The van der Waals surface area contributed by atoms with Crippen molar-refractivity contribution in [2.75, 3.05) is 62.4 Å². The molecule has 0 aromatic heterocycles. The van der Waals surface area contributed by atoms with Crippen LogP contribution in [-0.2, 0) is 52.7 Å². The summed E-state index contributed by atoms with van der Waals surface area (Å²) in [5.74, 6) is -11.6. The predicted molar refractivity (Wildman–Crippen MR) is 382 cm³/mol. The number of hydrogen-bond donors (Lipinski definition) is 7. The molecule has 1 aromatic carbocycles. The molecule has 2 rings (SSSR count). The van der Waals surface area contributed by atoms with E-state index in [1.807, 2.05) is 55.4 Å². The fourth-order valence-corrected chi connectivity index (χ4v) is 12.6. The van der Waals surface area contributed by atoms with Crippen LogP contribution in [0.2, 0.25) is 0 Å². The third kappa shape index (κ3) is 25.7. The standard InChI is InChI=1S/C73H124N12O15/c1-24-52-68(94)79(17)40-57(86)80(18)53(36-41(2)3)65(91)78-58(45(10)11)71(97)81(19)54(37-42(4)5)64(90)75-48(15)62(88)76-49(16)67(93)82(20)55(38-43(6)7)69(95)83(21)56(39-44(8)9)70(96)84(22)59(46(12)13)72(98)85(23)60(66(92)77-52)61(87)47(14)30-28-26-25-27-29-35-74-63(89)50-31-33-51(34-32-50)73(99)100/h31-34,41-49,52-56,58-61,87H,24-30,35-40H2,1-23H3,(H,74,89)(H,75,90)(H,76,88)(H,77,92)(H,78,91)(H,99,100)/t47-,48-,49+,52+,53+,54-,55+,56+,58-,59+,60+,61-/m1/s1. The molecule has 1 heterocycles. The Morgan fingerprint density at radius 2 is 0.900 bits per heavy atom. The van der Waals surface area contributed by atoms with Gasteiger partial charge in [-0.05, 0) is 124 Å². The summed E-state index contributed by atoms with van der Waals surface area (Å²) >= 11 is 0. The lowest BCUT2D eigenvalue weighted by Gasteiger charge is -2.41. The van der Waals surface area contributed by atoms with E-state index in [1.165, 1.54) is 112 Å². The van der Waals surface area contributed by atoms with E-state index >= 15 is 19.2 Å². The van der Waals surface area contributed by atoms with Gasteiger partial charge in [-0.15, -0.1) is 0 Å². The largest absolute Gasteiger partial charge is 0.478 e. The van der Waals surface area contributed by atoms with E-state index in [1.54, 1.807) is 41.5 Å². The van der Waals surface area contributed by atoms with Crippen LogP contribution in [0.1, 0.15) is 202 Å². The number of hydrogen-bond acceptors (Lipinski definition) is 14. The highest BCUT2D eigenvalue weighted by molar-refractivity contribution is 6.00. The number of aliphatic hydroxyl groups excluding tert-OH is 1. The topological polar surface area (TPSA) is 345 Å². The van der Waals surface area contributed by atoms with Crippen LogP contribution >= 0.6 is 0 Å². The number of aliphatic hydroxyl groups is 1. The number of likely N-dealkylation sites (N-methyl/N-ethyl adjacent to an activating group) is 7. The maximum atomic E-state index is 15.4. The summed E-state index contributed by atoms with van der Waals surface area (Å²) in [5, 5.41) is 35.6. The number of benzene rings is 1. The fraction of sp³-hybridized carbons (Fsp3) is 0.740. The first-order chi connectivity index (χ1) is 46.4. The van der Waals surface area contributed by atoms with E-state index in [-0.39, 0.29) is 67.2 Å². The fourth-order valence-electron chi connectivity index (χ4n) is 12.6. The smallest absolute Gasteiger partial charge is 0.335 e. The molecule has 0 saturated carbocycles. The van der Waals surface area contributed by atoms with Gasteiger partial charge < -0.3 is 71.1 Å². The van der Waals surface area contributed by atoms with Crippen molar-refractivity contribution in [3.63, 3.8) is 0 Å². The second kappa shape index (κ2) is 41.3. The third-order valence-electron chi connectivity index (χ3n) is 18.8. The van der Waals surface area contributed by atoms with Gasteiger partial charge in [0.15, 0.2) is 0 Å². The minimum atomic E-state index is -1.67. The van der Waals surface area contributed by atoms with E-state index in [0.717, 1.165) is 22.6 Å². The molecular formula is C73H124N12O15. The van der Waals surface area contributed by atoms with Gasteiger partial charge in [-0.25, -0.2) is 4.79 Å². The average molecular weight is 1410 g/mol. The Morgan fingerprint density at radius 1 is 0.470 bits per heavy atom. The van der Waals surface area contributed by atoms with Crippen molar-refractivity contribution in [3.8, 4) is 0 Å². The van der Waals surface area contributed by atoms with Crippen LogP contribution in [-0.4, -0.2) is 250 Å². The first-order valence-electron chi connectivity index (χ1n) is 35.8. The van der Waals surface area contributed by atoms with Gasteiger partial charge in [0.05, 0.1) is 18.2 Å². The van der Waals surface area contributed by atoms with Crippen molar-refractivity contribution < 1.29 is 72.5 Å². The summed E-state index contributed by atoms with van der Waals surface area (Å²) in [4.78, 5) is 194. The van der Waals surface area contributed by atoms with Gasteiger partial charge >= 0.3 is 5.97 Å². The summed E-state index contributed by atoms with van der Waals surface area (Å²) < 4.78 is 0. The number of nitrogens with zero attached hydrogens (tertiary/aromatic N) is 7. The number of amides is 12. The molecule has 1 saturated heterocycles. The quantitative estimate of drug-likeness (QED) is 0.0726. The number of unbranched alkanes of at least 4 members (excludes halogenated alkanes) is 4. The lowest BCUT2D eigenvalue weighted by atomic mass is 9.90. The van der Waals surface area contributed by atoms with Crippen LogP contribution in [0.25, 0.3) is 0 Å². The van der Waals surface area contributed by atoms with E-state index in [2.05, 4.69) is 26.6 Å². The number of carboxylic acids is 1. The molecule has 0 bridgehead atoms. The number of carbonyl (C=O) groups is 13. The molecule has 566 valence electrons. The lowest BCUT2D eigenvalue weighted by molar-refractivity contribution is -0.157. The number of nitrogens with one attached hydrogen (secondary N) is 5. The minimum Gasteiger partial charge on any atom is -0.478 e. The maximum absolute atomic E-state index is 15.4. The van der Waals surface area contributed by atoms with Crippen molar-refractivity contribution in [1.82, 2.24) is 60.9 Å². The number of carboxylic acid groups (broad SMARTS) is 1. The molecule has 27 heteroatoms. The molecule has 1 aliphatic rings. The predicted octanol–water partition coefficient (Wildman–Crippen LogP) is 4.77. The zero-order valence-electron chi connectivity index (χ0n) is 64.2. The molecule has 7 N–H and O–H groups in total. The van der Waals surface area contributed by atoms with Crippen molar-refractivity contribution in [1.29, 1.82) is 0 Å². The summed E-state index contributed by atoms with van der Waals surface area (Å²) in [5.41, 5.74) is 0.396. The number of carbonyl (C=O) groups excluding carboxylic acids is 12. The summed E-state index contributed by atoms with van der Waals surface area (Å²) in [7, 11) is 9.85. The van der Waals surface area contributed by atoms with Gasteiger partial charge in [0.1, 0.15) is 60.4 Å². The lowest BCUT2D eigenvalue weighted by Crippen LogP contribution is -2.63. The molecule has 100 heavy (non-hydrogen) atoms. The molecule has 1 aromatic rings. The molecule has 12 atom stereocenters. The van der Waals surface area contributed by atoms with E-state index in [9.17, 15) is 53.4 Å². The molecule has 1 fully saturated rings. The molecule has 0 radical (unpaired) electrons. The normalized spacial score (nSPS) is 24.4. The van der Waals surface area contributed by atoms with E-state index < -0.39 is 162 Å². The van der Waals surface area contributed by atoms with Crippen LogP contribution in [0.4, 0.5) is 0 Å². The SMILES string of the molecule is CC[C@@H]1NC(=O)[C@H]([C@H](O)[C@H](C)CCCCCCCNC(=O)c2ccc(C(=O)O)cc2)N(C)C(=O)[C@H](C(C)C)N(C)C(=O)[C@H](CC(C)C)N(C)C(=O)[C@H](CC(C)C)N(C)C(=O)[C@H](C)NC(=O)[C@@H](C)NC(=O)[C@@H](CC(C)C)N(C)C(=O)[C@@H](C(C)C)NC(=O)[C@H](CC(C)C)N(C)C(=O)CN(C)C1=O. The Labute approximate surface area is 595 Å². The molecule has 0 unspecified atom stereocenters. The molecule has 0 aliphatic carbocycles. The second-order valence-electron chi connectivity index (χ2n) is 30.0. The highest BCUT2D eigenvalue weighted by Gasteiger charge is 2.46. The van der Waals surface area contributed by atoms with Gasteiger partial charge in [-0.3, -0.25) is 57.5 Å². The summed E-state index contributed by atoms with van der Waals surface area (Å²) in [6.07, 6.45) is 2.79. The first kappa shape index (κ1) is 88.4. The number of rotatable bonds is 23. The third-order valence-corrected chi connectivity index (χ3v) is 18.8. The Kier molecular flexibility index (Phi) is 36.5. The first-order valence-corrected chi connectivity index (χ1v) is 35.8. The highest BCUT2D eigenvalue weighted by Crippen LogP contribution is 2.27. The van der Waals surface area contributed by atoms with Gasteiger partial charge in [0.25, 0.3) is 5.91 Å². The monoisotopic (exact) mass is 1410 g/mol. The van der Waals surface area contributed by atoms with Gasteiger partial charge in [0, 0.05) is 61.4 Å². The van der Waals surface area contributed by atoms with Crippen LogP contribution in [0, 0.1) is 41.4 Å². The van der Waals surface area contributed by atoms with Crippen molar-refractivity contribution in [3.05, 3.63) is 35.4 Å². The Morgan fingerprint density at radius 3 is 1.39 bits per heavy atom. The molecule has 1 aliphatic heterocycles. The average Bonchev–Trinajstić information content (AvgIpc) is 0.801. The van der Waals surface area contributed by atoms with Gasteiger partial charge in [-0.1, -0.05) is 123 Å². The molecular weight excluding hydrogens is 1280 g/mol. The molecule has 27 nitrogen and oxygen atoms in total. The Balaban J connectivity index is 2.85. The minimum absolute atomic E-state index is 0.0138. The molecule has 12 amide bonds. The second-order valence-corrected chi connectivity index (χ2v) is 30.0.